The highest BCUT2D eigenvalue weighted by molar-refractivity contribution is 9.10. The number of benzene rings is 1. The van der Waals surface area contributed by atoms with Crippen LogP contribution in [0, 0.1) is 11.7 Å². The van der Waals surface area contributed by atoms with Crippen molar-refractivity contribution >= 4 is 15.9 Å². The van der Waals surface area contributed by atoms with Crippen molar-refractivity contribution in [3.8, 4) is 5.75 Å². The number of methoxy groups -OCH3 is 1. The minimum Gasteiger partial charge on any atom is -0.493 e. The summed E-state index contributed by atoms with van der Waals surface area (Å²) in [5.41, 5.74) is 0.958. The lowest BCUT2D eigenvalue weighted by molar-refractivity contribution is 0.351. The third-order valence-corrected chi connectivity index (χ3v) is 4.05. The molecule has 1 aliphatic rings. The van der Waals surface area contributed by atoms with Gasteiger partial charge in [0.25, 0.3) is 0 Å². The second-order valence-electron chi connectivity index (χ2n) is 4.44. The van der Waals surface area contributed by atoms with E-state index in [2.05, 4.69) is 21.2 Å². The summed E-state index contributed by atoms with van der Waals surface area (Å²) < 4.78 is 19.7. The molecule has 0 aliphatic carbocycles. The van der Waals surface area contributed by atoms with Gasteiger partial charge in [-0.25, -0.2) is 4.39 Å². The molecule has 0 radical (unpaired) electrons. The van der Waals surface area contributed by atoms with Crippen molar-refractivity contribution in [2.75, 3.05) is 20.2 Å². The molecule has 1 heterocycles. The van der Waals surface area contributed by atoms with Gasteiger partial charge in [-0.3, -0.25) is 0 Å². The molecule has 1 aromatic carbocycles. The number of hydrogen-bond donors (Lipinski definition) is 1. The first kappa shape index (κ1) is 12.8. The van der Waals surface area contributed by atoms with Crippen LogP contribution in [0.4, 0.5) is 4.39 Å². The van der Waals surface area contributed by atoms with E-state index in [0.717, 1.165) is 42.4 Å². The molecule has 1 saturated heterocycles. The Kier molecular flexibility index (Phi) is 4.40. The second-order valence-corrected chi connectivity index (χ2v) is 5.29. The normalized spacial score (nSPS) is 17.1. The van der Waals surface area contributed by atoms with Crippen LogP contribution in [0.5, 0.6) is 5.75 Å². The number of piperidine rings is 1. The van der Waals surface area contributed by atoms with Crippen LogP contribution in [0.15, 0.2) is 16.6 Å². The van der Waals surface area contributed by atoms with Crippen molar-refractivity contribution in [3.63, 3.8) is 0 Å². The van der Waals surface area contributed by atoms with E-state index in [-0.39, 0.29) is 5.82 Å². The third kappa shape index (κ3) is 2.99. The third-order valence-electron chi connectivity index (χ3n) is 3.31. The fraction of sp³-hybridized carbons (Fsp3) is 0.538. The average molecular weight is 302 g/mol. The summed E-state index contributed by atoms with van der Waals surface area (Å²) in [5, 5.41) is 3.34. The lowest BCUT2D eigenvalue weighted by atomic mass is 9.90. The summed E-state index contributed by atoms with van der Waals surface area (Å²) in [6, 6.07) is 3.20. The van der Waals surface area contributed by atoms with Crippen LogP contribution in [0.25, 0.3) is 0 Å². The molecule has 1 fully saturated rings. The first-order valence-corrected chi connectivity index (χ1v) is 6.73. The summed E-state index contributed by atoms with van der Waals surface area (Å²) in [5.74, 6) is 0.723. The fourth-order valence-electron chi connectivity index (χ4n) is 2.36. The molecule has 1 N–H and O–H groups in total. The minimum absolute atomic E-state index is 0.278. The number of ether oxygens (including phenoxy) is 1. The summed E-state index contributed by atoms with van der Waals surface area (Å²) in [6.07, 6.45) is 3.17. The van der Waals surface area contributed by atoms with Gasteiger partial charge in [0.15, 0.2) is 11.6 Å². The van der Waals surface area contributed by atoms with Gasteiger partial charge < -0.3 is 10.1 Å². The maximum Gasteiger partial charge on any atom is 0.165 e. The van der Waals surface area contributed by atoms with Crippen molar-refractivity contribution in [1.82, 2.24) is 5.32 Å². The Labute approximate surface area is 110 Å². The summed E-state index contributed by atoms with van der Waals surface area (Å²) >= 11 is 3.49. The molecule has 2 rings (SSSR count). The van der Waals surface area contributed by atoms with E-state index in [4.69, 9.17) is 4.74 Å². The molecule has 0 atom stereocenters. The number of halogens is 2. The molecule has 0 bridgehead atoms. The van der Waals surface area contributed by atoms with Crippen LogP contribution < -0.4 is 10.1 Å². The molecule has 1 aromatic rings. The average Bonchev–Trinajstić information content (AvgIpc) is 2.35. The Morgan fingerprint density at radius 1 is 1.41 bits per heavy atom. The predicted molar refractivity (Wildman–Crippen MR) is 69.9 cm³/mol. The highest BCUT2D eigenvalue weighted by Gasteiger charge is 2.19. The Morgan fingerprint density at radius 2 is 2.12 bits per heavy atom. The van der Waals surface area contributed by atoms with Crippen LogP contribution in [-0.4, -0.2) is 20.2 Å². The van der Waals surface area contributed by atoms with Crippen LogP contribution in [0.2, 0.25) is 0 Å². The second kappa shape index (κ2) is 5.83. The van der Waals surface area contributed by atoms with E-state index in [1.807, 2.05) is 0 Å². The lowest BCUT2D eigenvalue weighted by Gasteiger charge is -2.24. The molecule has 0 unspecified atom stereocenters. The molecule has 1 aliphatic heterocycles. The van der Waals surface area contributed by atoms with Gasteiger partial charge in [0.05, 0.1) is 7.11 Å². The lowest BCUT2D eigenvalue weighted by Crippen LogP contribution is -2.28. The molecule has 0 saturated carbocycles. The van der Waals surface area contributed by atoms with Gasteiger partial charge in [0.1, 0.15) is 0 Å². The van der Waals surface area contributed by atoms with Gasteiger partial charge in [-0.05, 0) is 50.4 Å². The first-order chi connectivity index (χ1) is 8.22. The number of nitrogens with one attached hydrogen (secondary N) is 1. The molecular formula is C13H17BrFNO. The van der Waals surface area contributed by atoms with Crippen LogP contribution in [0.1, 0.15) is 18.4 Å². The predicted octanol–water partition coefficient (Wildman–Crippen LogP) is 3.14. The molecule has 0 amide bonds. The maximum absolute atomic E-state index is 13.6. The Balaban J connectivity index is 2.21. The Hall–Kier alpha value is -0.610. The van der Waals surface area contributed by atoms with Crippen molar-refractivity contribution in [2.24, 2.45) is 5.92 Å². The SMILES string of the molecule is COc1c(F)ccc(Br)c1CC1CCNCC1. The van der Waals surface area contributed by atoms with Gasteiger partial charge >= 0.3 is 0 Å². The molecule has 94 valence electrons. The van der Waals surface area contributed by atoms with Crippen LogP contribution in [-0.2, 0) is 6.42 Å². The zero-order valence-corrected chi connectivity index (χ0v) is 11.5. The van der Waals surface area contributed by atoms with E-state index in [1.54, 1.807) is 6.07 Å². The largest absolute Gasteiger partial charge is 0.493 e. The van der Waals surface area contributed by atoms with E-state index < -0.39 is 0 Å². The maximum atomic E-state index is 13.6. The molecule has 17 heavy (non-hydrogen) atoms. The fourth-order valence-corrected chi connectivity index (χ4v) is 2.83. The van der Waals surface area contributed by atoms with Crippen molar-refractivity contribution in [3.05, 3.63) is 28.0 Å². The van der Waals surface area contributed by atoms with E-state index in [9.17, 15) is 4.39 Å². The van der Waals surface area contributed by atoms with Crippen molar-refractivity contribution in [2.45, 2.75) is 19.3 Å². The summed E-state index contributed by atoms with van der Waals surface area (Å²) in [7, 11) is 1.52. The van der Waals surface area contributed by atoms with Crippen molar-refractivity contribution < 1.29 is 9.13 Å². The monoisotopic (exact) mass is 301 g/mol. The summed E-state index contributed by atoms with van der Waals surface area (Å²) in [4.78, 5) is 0. The summed E-state index contributed by atoms with van der Waals surface area (Å²) in [6.45, 7) is 2.11. The van der Waals surface area contributed by atoms with E-state index in [1.165, 1.54) is 13.2 Å². The smallest absolute Gasteiger partial charge is 0.165 e. The quantitative estimate of drug-likeness (QED) is 0.926. The first-order valence-electron chi connectivity index (χ1n) is 5.94. The van der Waals surface area contributed by atoms with E-state index >= 15 is 0 Å². The van der Waals surface area contributed by atoms with Gasteiger partial charge in [0, 0.05) is 10.0 Å². The zero-order valence-electron chi connectivity index (χ0n) is 9.93. The molecule has 0 spiro atoms. The van der Waals surface area contributed by atoms with Gasteiger partial charge in [-0.2, -0.15) is 0 Å². The van der Waals surface area contributed by atoms with Gasteiger partial charge in [-0.15, -0.1) is 0 Å². The molecular weight excluding hydrogens is 285 g/mol. The Morgan fingerprint density at radius 3 is 2.76 bits per heavy atom. The Bertz CT molecular complexity index is 391. The van der Waals surface area contributed by atoms with E-state index in [0.29, 0.717) is 11.7 Å². The zero-order chi connectivity index (χ0) is 12.3. The van der Waals surface area contributed by atoms with Crippen LogP contribution in [0.3, 0.4) is 0 Å². The molecule has 4 heteroatoms. The highest BCUT2D eigenvalue weighted by atomic mass is 79.9. The topological polar surface area (TPSA) is 21.3 Å². The molecule has 2 nitrogen and oxygen atoms in total. The standard InChI is InChI=1S/C13H17BrFNO/c1-17-13-10(11(14)2-3-12(13)15)8-9-4-6-16-7-5-9/h2-3,9,16H,4-8H2,1H3. The van der Waals surface area contributed by atoms with Crippen LogP contribution >= 0.6 is 15.9 Å². The van der Waals surface area contributed by atoms with Gasteiger partial charge in [0.2, 0.25) is 0 Å². The van der Waals surface area contributed by atoms with Crippen molar-refractivity contribution in [1.29, 1.82) is 0 Å². The highest BCUT2D eigenvalue weighted by Crippen LogP contribution is 2.33. The van der Waals surface area contributed by atoms with Gasteiger partial charge in [-0.1, -0.05) is 15.9 Å². The molecule has 0 aromatic heterocycles. The number of hydrogen-bond acceptors (Lipinski definition) is 2. The minimum atomic E-state index is -0.278. The number of rotatable bonds is 3.